The van der Waals surface area contributed by atoms with Gasteiger partial charge in [0.05, 0.1) is 4.90 Å². The quantitative estimate of drug-likeness (QED) is 0.789. The smallest absolute Gasteiger partial charge is 0.254 e. The van der Waals surface area contributed by atoms with Crippen molar-refractivity contribution in [1.29, 1.82) is 0 Å². The van der Waals surface area contributed by atoms with Crippen molar-refractivity contribution in [3.05, 3.63) is 29.3 Å². The fourth-order valence-electron chi connectivity index (χ4n) is 4.04. The molecule has 0 bridgehead atoms. The van der Waals surface area contributed by atoms with Crippen LogP contribution in [0.15, 0.2) is 23.1 Å². The molecule has 0 saturated carbocycles. The number of nitrogens with one attached hydrogen (secondary N) is 1. The summed E-state index contributed by atoms with van der Waals surface area (Å²) in [6.45, 7) is 6.31. The molecule has 2 aliphatic rings. The lowest BCUT2D eigenvalue weighted by atomic mass is 9.96. The maximum Gasteiger partial charge on any atom is 0.254 e. The molecule has 0 radical (unpaired) electrons. The fraction of sp³-hybridized carbons (Fsp3) is 0.619. The summed E-state index contributed by atoms with van der Waals surface area (Å²) in [6.07, 6.45) is 4.48. The topological polar surface area (TPSA) is 86.8 Å². The molecule has 2 fully saturated rings. The predicted molar refractivity (Wildman–Crippen MR) is 111 cm³/mol. The summed E-state index contributed by atoms with van der Waals surface area (Å²) >= 11 is 0. The van der Waals surface area contributed by atoms with Gasteiger partial charge in [0.2, 0.25) is 15.9 Å². The summed E-state index contributed by atoms with van der Waals surface area (Å²) in [5.74, 6) is 0.219. The number of rotatable bonds is 5. The Bertz CT molecular complexity index is 855. The third-order valence-electron chi connectivity index (χ3n) is 5.93. The summed E-state index contributed by atoms with van der Waals surface area (Å²) < 4.78 is 27.5. The number of nitrogens with zero attached hydrogens (tertiary/aromatic N) is 2. The van der Waals surface area contributed by atoms with Gasteiger partial charge in [0.1, 0.15) is 0 Å². The molecule has 1 aromatic carbocycles. The van der Waals surface area contributed by atoms with Crippen LogP contribution in [0, 0.1) is 12.8 Å². The number of hydrogen-bond donors (Lipinski definition) is 1. The van der Waals surface area contributed by atoms with Crippen molar-refractivity contribution in [1.82, 2.24) is 14.5 Å². The van der Waals surface area contributed by atoms with Gasteiger partial charge < -0.3 is 10.2 Å². The van der Waals surface area contributed by atoms with Crippen LogP contribution in [0.2, 0.25) is 0 Å². The summed E-state index contributed by atoms with van der Waals surface area (Å²) in [7, 11) is -3.57. The Morgan fingerprint density at radius 1 is 1.07 bits per heavy atom. The Hall–Kier alpha value is -1.93. The van der Waals surface area contributed by atoms with Crippen LogP contribution in [-0.2, 0) is 14.8 Å². The number of hydrogen-bond acceptors (Lipinski definition) is 4. The average molecular weight is 422 g/mol. The number of carbonyl (C=O) groups is 2. The predicted octanol–water partition coefficient (Wildman–Crippen LogP) is 2.16. The Kier molecular flexibility index (Phi) is 6.95. The van der Waals surface area contributed by atoms with Crippen LogP contribution in [0.3, 0.4) is 0 Å². The van der Waals surface area contributed by atoms with Crippen LogP contribution in [0.4, 0.5) is 0 Å². The van der Waals surface area contributed by atoms with Gasteiger partial charge in [-0.05, 0) is 56.2 Å². The van der Waals surface area contributed by atoms with Gasteiger partial charge in [0.15, 0.2) is 0 Å². The zero-order chi connectivity index (χ0) is 21.0. The molecule has 1 aromatic rings. The largest absolute Gasteiger partial charge is 0.356 e. The van der Waals surface area contributed by atoms with Gasteiger partial charge >= 0.3 is 0 Å². The van der Waals surface area contributed by atoms with E-state index in [1.54, 1.807) is 23.1 Å². The van der Waals surface area contributed by atoms with Gasteiger partial charge in [0.25, 0.3) is 5.91 Å². The number of sulfonamides is 1. The SMILES string of the molecule is CC(=O)NCC1CCN(C(=O)c2cc(S(=O)(=O)N3CCCCC3)ccc2C)CC1. The summed E-state index contributed by atoms with van der Waals surface area (Å²) in [5.41, 5.74) is 1.25. The van der Waals surface area contributed by atoms with E-state index >= 15 is 0 Å². The van der Waals surface area contributed by atoms with Crippen LogP contribution in [0.1, 0.15) is 54.9 Å². The fourth-order valence-corrected chi connectivity index (χ4v) is 5.59. The van der Waals surface area contributed by atoms with Gasteiger partial charge in [-0.15, -0.1) is 0 Å². The number of carbonyl (C=O) groups excluding carboxylic acids is 2. The van der Waals surface area contributed by atoms with Crippen LogP contribution in [0.25, 0.3) is 0 Å². The normalized spacial score (nSPS) is 19.2. The first-order valence-corrected chi connectivity index (χ1v) is 11.9. The Morgan fingerprint density at radius 3 is 2.34 bits per heavy atom. The summed E-state index contributed by atoms with van der Waals surface area (Å²) in [6, 6.07) is 4.88. The zero-order valence-corrected chi connectivity index (χ0v) is 18.1. The van der Waals surface area contributed by atoms with E-state index in [4.69, 9.17) is 0 Å². The molecule has 0 atom stereocenters. The third kappa shape index (κ3) is 5.17. The van der Waals surface area contributed by atoms with Crippen LogP contribution in [-0.4, -0.2) is 62.2 Å². The minimum atomic E-state index is -3.57. The monoisotopic (exact) mass is 421 g/mol. The number of piperidine rings is 2. The second-order valence-electron chi connectivity index (χ2n) is 8.11. The van der Waals surface area contributed by atoms with E-state index in [1.165, 1.54) is 11.2 Å². The van der Waals surface area contributed by atoms with Gasteiger partial charge in [-0.25, -0.2) is 8.42 Å². The second-order valence-corrected chi connectivity index (χ2v) is 10.1. The Labute approximate surface area is 173 Å². The molecule has 2 saturated heterocycles. The molecular weight excluding hydrogens is 390 g/mol. The van der Waals surface area contributed by atoms with E-state index in [0.29, 0.717) is 44.2 Å². The zero-order valence-electron chi connectivity index (χ0n) is 17.3. The van der Waals surface area contributed by atoms with Gasteiger partial charge in [-0.1, -0.05) is 12.5 Å². The van der Waals surface area contributed by atoms with E-state index in [0.717, 1.165) is 37.7 Å². The van der Waals surface area contributed by atoms with Crippen molar-refractivity contribution < 1.29 is 18.0 Å². The van der Waals surface area contributed by atoms with Crippen molar-refractivity contribution >= 4 is 21.8 Å². The first kappa shape index (κ1) is 21.8. The lowest BCUT2D eigenvalue weighted by Gasteiger charge is -2.32. The molecule has 7 nitrogen and oxygen atoms in total. The highest BCUT2D eigenvalue weighted by Gasteiger charge is 2.29. The molecule has 2 amide bonds. The highest BCUT2D eigenvalue weighted by atomic mass is 32.2. The first-order valence-electron chi connectivity index (χ1n) is 10.4. The highest BCUT2D eigenvalue weighted by Crippen LogP contribution is 2.25. The van der Waals surface area contributed by atoms with Crippen molar-refractivity contribution in [3.8, 4) is 0 Å². The molecule has 29 heavy (non-hydrogen) atoms. The number of benzene rings is 1. The summed E-state index contributed by atoms with van der Waals surface area (Å²) in [4.78, 5) is 26.2. The van der Waals surface area contributed by atoms with E-state index in [2.05, 4.69) is 5.32 Å². The maximum absolute atomic E-state index is 13.1. The van der Waals surface area contributed by atoms with Crippen LogP contribution < -0.4 is 5.32 Å². The number of aryl methyl sites for hydroxylation is 1. The first-order chi connectivity index (χ1) is 13.8. The summed E-state index contributed by atoms with van der Waals surface area (Å²) in [5, 5.41) is 2.84. The maximum atomic E-state index is 13.1. The third-order valence-corrected chi connectivity index (χ3v) is 7.83. The number of likely N-dealkylation sites (tertiary alicyclic amines) is 1. The van der Waals surface area contributed by atoms with Crippen molar-refractivity contribution in [2.24, 2.45) is 5.92 Å². The van der Waals surface area contributed by atoms with Crippen molar-refractivity contribution in [2.45, 2.75) is 50.8 Å². The molecule has 0 unspecified atom stereocenters. The highest BCUT2D eigenvalue weighted by molar-refractivity contribution is 7.89. The minimum Gasteiger partial charge on any atom is -0.356 e. The Morgan fingerprint density at radius 2 is 1.72 bits per heavy atom. The van der Waals surface area contributed by atoms with E-state index in [9.17, 15) is 18.0 Å². The molecule has 0 aliphatic carbocycles. The Balaban J connectivity index is 1.71. The molecular formula is C21H31N3O4S. The molecule has 0 aromatic heterocycles. The lowest BCUT2D eigenvalue weighted by molar-refractivity contribution is -0.119. The molecule has 2 heterocycles. The standard InChI is InChI=1S/C21H31N3O4S/c1-16-6-7-19(29(27,28)24-10-4-3-5-11-24)14-20(16)21(26)23-12-8-18(9-13-23)15-22-17(2)25/h6-7,14,18H,3-5,8-13,15H2,1-2H3,(H,22,25). The van der Waals surface area contributed by atoms with Crippen LogP contribution in [0.5, 0.6) is 0 Å². The second kappa shape index (κ2) is 9.26. The molecule has 3 rings (SSSR count). The lowest BCUT2D eigenvalue weighted by Crippen LogP contribution is -2.41. The molecule has 2 aliphatic heterocycles. The molecule has 8 heteroatoms. The van der Waals surface area contributed by atoms with Gasteiger partial charge in [-0.3, -0.25) is 9.59 Å². The van der Waals surface area contributed by atoms with Crippen molar-refractivity contribution in [3.63, 3.8) is 0 Å². The minimum absolute atomic E-state index is 0.0362. The molecule has 0 spiro atoms. The van der Waals surface area contributed by atoms with E-state index in [1.807, 2.05) is 6.92 Å². The average Bonchev–Trinajstić information content (AvgIpc) is 2.73. The van der Waals surface area contributed by atoms with Gasteiger partial charge in [0, 0.05) is 45.2 Å². The number of amides is 2. The van der Waals surface area contributed by atoms with E-state index in [-0.39, 0.29) is 16.7 Å². The van der Waals surface area contributed by atoms with Gasteiger partial charge in [-0.2, -0.15) is 4.31 Å². The molecule has 1 N–H and O–H groups in total. The van der Waals surface area contributed by atoms with E-state index < -0.39 is 10.0 Å². The van der Waals surface area contributed by atoms with Crippen LogP contribution >= 0.6 is 0 Å². The van der Waals surface area contributed by atoms with Crippen molar-refractivity contribution in [2.75, 3.05) is 32.7 Å². The molecule has 160 valence electrons.